The molecule has 1 aliphatic heterocycles. The van der Waals surface area contributed by atoms with Crippen molar-refractivity contribution < 1.29 is 19.4 Å². The fraction of sp³-hybridized carbons (Fsp3) is 0.588. The van der Waals surface area contributed by atoms with Gasteiger partial charge in [-0.1, -0.05) is 93.5 Å². The number of phenolic OH excluding ortho intramolecular Hbond substituents is 1. The van der Waals surface area contributed by atoms with Gasteiger partial charge in [-0.25, -0.2) is 0 Å². The molecule has 220 valence electrons. The lowest BCUT2D eigenvalue weighted by Crippen LogP contribution is -2.41. The van der Waals surface area contributed by atoms with E-state index in [4.69, 9.17) is 4.74 Å². The van der Waals surface area contributed by atoms with E-state index in [1.54, 1.807) is 0 Å². The Hall–Kier alpha value is -3.02. The number of hydrazine groups is 1. The molecular formula is C34H50N2O4. The van der Waals surface area contributed by atoms with Crippen molar-refractivity contribution in [2.45, 2.75) is 124 Å². The molecule has 6 heteroatoms. The van der Waals surface area contributed by atoms with E-state index in [2.05, 4.69) is 92.2 Å². The van der Waals surface area contributed by atoms with Gasteiger partial charge in [0, 0.05) is 18.4 Å². The van der Waals surface area contributed by atoms with Crippen LogP contribution in [0.1, 0.15) is 128 Å². The van der Waals surface area contributed by atoms with E-state index in [-0.39, 0.29) is 40.9 Å². The minimum atomic E-state index is -0.245. The maximum Gasteiger partial charge on any atom is 0.238 e. The Morgan fingerprint density at radius 2 is 1.35 bits per heavy atom. The van der Waals surface area contributed by atoms with Gasteiger partial charge in [0.2, 0.25) is 11.8 Å². The summed E-state index contributed by atoms with van der Waals surface area (Å²) in [6.07, 6.45) is 2.57. The topological polar surface area (TPSA) is 87.7 Å². The molecule has 40 heavy (non-hydrogen) atoms. The summed E-state index contributed by atoms with van der Waals surface area (Å²) in [5, 5.41) is 10.9. The number of carbonyl (C=O) groups is 2. The number of benzene rings is 2. The summed E-state index contributed by atoms with van der Waals surface area (Å²) in [5.41, 5.74) is 11.0. The van der Waals surface area contributed by atoms with Crippen LogP contribution in [0.5, 0.6) is 11.5 Å². The first kappa shape index (κ1) is 31.5. The van der Waals surface area contributed by atoms with Crippen molar-refractivity contribution in [2.24, 2.45) is 0 Å². The number of hydrogen-bond acceptors (Lipinski definition) is 4. The van der Waals surface area contributed by atoms with Crippen LogP contribution in [0.3, 0.4) is 0 Å². The molecule has 0 unspecified atom stereocenters. The first-order chi connectivity index (χ1) is 18.4. The number of nitrogens with one attached hydrogen (secondary N) is 2. The van der Waals surface area contributed by atoms with E-state index in [0.717, 1.165) is 41.0 Å². The lowest BCUT2D eigenvalue weighted by atomic mass is 9.77. The summed E-state index contributed by atoms with van der Waals surface area (Å²) in [6, 6.07) is 8.33. The molecule has 3 rings (SSSR count). The van der Waals surface area contributed by atoms with Crippen LogP contribution in [0.15, 0.2) is 24.3 Å². The number of ether oxygens (including phenoxy) is 1. The van der Waals surface area contributed by atoms with E-state index in [1.165, 1.54) is 11.1 Å². The Bertz CT molecular complexity index is 1210. The highest BCUT2D eigenvalue weighted by molar-refractivity contribution is 5.82. The molecule has 0 radical (unpaired) electrons. The minimum absolute atomic E-state index is 0.0300. The summed E-state index contributed by atoms with van der Waals surface area (Å²) in [7, 11) is 0. The van der Waals surface area contributed by atoms with Crippen LogP contribution in [-0.4, -0.2) is 23.5 Å². The maximum absolute atomic E-state index is 12.6. The summed E-state index contributed by atoms with van der Waals surface area (Å²) < 4.78 is 6.06. The molecule has 0 bridgehead atoms. The van der Waals surface area contributed by atoms with Gasteiger partial charge in [-0.2, -0.15) is 0 Å². The average molecular weight is 551 g/mol. The number of phenols is 1. The van der Waals surface area contributed by atoms with E-state index in [9.17, 15) is 14.7 Å². The predicted molar refractivity (Wildman–Crippen MR) is 162 cm³/mol. The van der Waals surface area contributed by atoms with E-state index >= 15 is 0 Å². The molecule has 0 fully saturated rings. The van der Waals surface area contributed by atoms with Crippen LogP contribution < -0.4 is 15.6 Å². The van der Waals surface area contributed by atoms with Crippen molar-refractivity contribution >= 4 is 11.8 Å². The fourth-order valence-electron chi connectivity index (χ4n) is 5.26. The van der Waals surface area contributed by atoms with E-state index < -0.39 is 0 Å². The standard InChI is InChI=1S/C34H50N2O4/c1-21(2)24-17-22(20-27-31(24)40-16-15-34(27,9)10)11-13-28(37)35-36-29(38)14-12-23-18-25(32(3,4)5)30(39)26(19-23)33(6,7)8/h17-21,39H,11-16H2,1-10H3,(H,35,37)(H,36,38). The summed E-state index contributed by atoms with van der Waals surface area (Å²) in [6.45, 7) is 22.0. The zero-order valence-corrected chi connectivity index (χ0v) is 26.3. The molecular weight excluding hydrogens is 500 g/mol. The number of aryl methyl sites for hydroxylation is 2. The van der Waals surface area contributed by atoms with Crippen molar-refractivity contribution in [1.29, 1.82) is 0 Å². The molecule has 0 saturated carbocycles. The number of fused-ring (bicyclic) bond motifs is 1. The Kier molecular flexibility index (Phi) is 9.33. The zero-order valence-electron chi connectivity index (χ0n) is 26.3. The minimum Gasteiger partial charge on any atom is -0.507 e. The maximum atomic E-state index is 12.6. The zero-order chi connectivity index (χ0) is 30.0. The Morgan fingerprint density at radius 1 is 0.875 bits per heavy atom. The third-order valence-corrected chi connectivity index (χ3v) is 7.91. The molecule has 0 aliphatic carbocycles. The molecule has 2 aromatic rings. The number of carbonyl (C=O) groups excluding carboxylic acids is 2. The van der Waals surface area contributed by atoms with Crippen molar-refractivity contribution in [3.05, 3.63) is 57.6 Å². The second-order valence-corrected chi connectivity index (χ2v) is 14.3. The summed E-state index contributed by atoms with van der Waals surface area (Å²) >= 11 is 0. The molecule has 3 N–H and O–H groups in total. The fourth-order valence-corrected chi connectivity index (χ4v) is 5.26. The predicted octanol–water partition coefficient (Wildman–Crippen LogP) is 6.88. The first-order valence-corrected chi connectivity index (χ1v) is 14.6. The monoisotopic (exact) mass is 550 g/mol. The molecule has 0 spiro atoms. The quantitative estimate of drug-likeness (QED) is 0.328. The molecule has 0 saturated heterocycles. The molecule has 0 aromatic heterocycles. The Morgan fingerprint density at radius 3 is 1.80 bits per heavy atom. The Balaban J connectivity index is 1.59. The van der Waals surface area contributed by atoms with Crippen molar-refractivity contribution in [3.8, 4) is 11.5 Å². The lowest BCUT2D eigenvalue weighted by Gasteiger charge is -2.35. The van der Waals surface area contributed by atoms with Crippen LogP contribution in [0.2, 0.25) is 0 Å². The van der Waals surface area contributed by atoms with Crippen LogP contribution in [0.4, 0.5) is 0 Å². The highest BCUT2D eigenvalue weighted by Gasteiger charge is 2.31. The van der Waals surface area contributed by atoms with Crippen molar-refractivity contribution in [2.75, 3.05) is 6.61 Å². The average Bonchev–Trinajstić information content (AvgIpc) is 2.83. The summed E-state index contributed by atoms with van der Waals surface area (Å²) in [5.74, 6) is 1.19. The van der Waals surface area contributed by atoms with Gasteiger partial charge in [-0.15, -0.1) is 0 Å². The van der Waals surface area contributed by atoms with Gasteiger partial charge >= 0.3 is 0 Å². The third-order valence-electron chi connectivity index (χ3n) is 7.91. The number of amides is 2. The second kappa shape index (κ2) is 11.8. The van der Waals surface area contributed by atoms with Gasteiger partial charge < -0.3 is 9.84 Å². The number of aromatic hydroxyl groups is 1. The summed E-state index contributed by atoms with van der Waals surface area (Å²) in [4.78, 5) is 25.2. The molecule has 2 amide bonds. The van der Waals surface area contributed by atoms with E-state index in [1.807, 2.05) is 12.1 Å². The molecule has 2 aromatic carbocycles. The third kappa shape index (κ3) is 7.58. The van der Waals surface area contributed by atoms with Gasteiger partial charge in [-0.3, -0.25) is 20.4 Å². The highest BCUT2D eigenvalue weighted by atomic mass is 16.5. The Labute approximate surface area is 241 Å². The van der Waals surface area contributed by atoms with E-state index in [0.29, 0.717) is 24.5 Å². The molecule has 1 heterocycles. The van der Waals surface area contributed by atoms with Crippen LogP contribution in [0.25, 0.3) is 0 Å². The van der Waals surface area contributed by atoms with Crippen molar-refractivity contribution in [3.63, 3.8) is 0 Å². The van der Waals surface area contributed by atoms with Gasteiger partial charge in [-0.05, 0) is 69.2 Å². The van der Waals surface area contributed by atoms with Crippen LogP contribution in [-0.2, 0) is 38.7 Å². The molecule has 0 atom stereocenters. The van der Waals surface area contributed by atoms with Gasteiger partial charge in [0.25, 0.3) is 0 Å². The van der Waals surface area contributed by atoms with Gasteiger partial charge in [0.1, 0.15) is 11.5 Å². The second-order valence-electron chi connectivity index (χ2n) is 14.3. The SMILES string of the molecule is CC(C)c1cc(CCC(=O)NNC(=O)CCc2cc(C(C)(C)C)c(O)c(C(C)(C)C)c2)cc2c1OCCC2(C)C. The molecule has 6 nitrogen and oxygen atoms in total. The smallest absolute Gasteiger partial charge is 0.238 e. The first-order valence-electron chi connectivity index (χ1n) is 14.6. The van der Waals surface area contributed by atoms with Crippen molar-refractivity contribution in [1.82, 2.24) is 10.9 Å². The number of rotatable bonds is 7. The number of hydrogen-bond donors (Lipinski definition) is 3. The highest BCUT2D eigenvalue weighted by Crippen LogP contribution is 2.43. The van der Waals surface area contributed by atoms with Crippen LogP contribution >= 0.6 is 0 Å². The molecule has 1 aliphatic rings. The van der Waals surface area contributed by atoms with Gasteiger partial charge in [0.15, 0.2) is 0 Å². The van der Waals surface area contributed by atoms with Gasteiger partial charge in [0.05, 0.1) is 6.61 Å². The lowest BCUT2D eigenvalue weighted by molar-refractivity contribution is -0.128. The van der Waals surface area contributed by atoms with Crippen LogP contribution in [0, 0.1) is 0 Å². The normalized spacial score (nSPS) is 14.9. The largest absolute Gasteiger partial charge is 0.507 e.